The first kappa shape index (κ1) is 31.9. The van der Waals surface area contributed by atoms with Gasteiger partial charge in [-0.15, -0.1) is 0 Å². The van der Waals surface area contributed by atoms with E-state index in [1.165, 1.54) is 54.6 Å². The quantitative estimate of drug-likeness (QED) is 0.0902. The Morgan fingerprint density at radius 2 is 0.490 bits per heavy atom. The van der Waals surface area contributed by atoms with Gasteiger partial charge in [-0.3, -0.25) is 0 Å². The van der Waals surface area contributed by atoms with Gasteiger partial charge in [0.15, 0.2) is 8.07 Å². The standard InChI is InChI=1S/C42H26F6Si/c43-34-9-4-10-35(44)40(34)27-15-21-31(22-16-27)49(30-7-2-1-3-8-30,32-23-17-28(18-24-32)41-36(45)11-5-12-37(41)46)33-25-19-29(20-26-33)42-38(47)13-6-14-39(42)48/h1-26H. The van der Waals surface area contributed by atoms with Crippen LogP contribution in [0.5, 0.6) is 0 Å². The van der Waals surface area contributed by atoms with Crippen molar-refractivity contribution in [2.75, 3.05) is 0 Å². The third kappa shape index (κ3) is 5.66. The maximum absolute atomic E-state index is 14.8. The van der Waals surface area contributed by atoms with Crippen LogP contribution >= 0.6 is 0 Å². The zero-order chi connectivity index (χ0) is 34.1. The van der Waals surface area contributed by atoms with Gasteiger partial charge in [-0.1, -0.05) is 121 Å². The number of hydrogen-bond donors (Lipinski definition) is 0. The van der Waals surface area contributed by atoms with Crippen LogP contribution in [0.4, 0.5) is 26.3 Å². The van der Waals surface area contributed by atoms with Gasteiger partial charge in [0.05, 0.1) is 16.7 Å². The van der Waals surface area contributed by atoms with Crippen LogP contribution in [0, 0.1) is 34.9 Å². The largest absolute Gasteiger partial charge is 0.206 e. The van der Waals surface area contributed by atoms with Crippen LogP contribution in [0.2, 0.25) is 0 Å². The van der Waals surface area contributed by atoms with Crippen LogP contribution < -0.4 is 20.7 Å². The molecular formula is C42H26F6Si. The summed E-state index contributed by atoms with van der Waals surface area (Å²) in [7, 11) is -3.32. The monoisotopic (exact) mass is 672 g/mol. The molecule has 7 heteroatoms. The molecule has 0 nitrogen and oxygen atoms in total. The van der Waals surface area contributed by atoms with Gasteiger partial charge in [0.2, 0.25) is 0 Å². The Labute approximate surface area is 280 Å². The second-order valence-corrected chi connectivity index (χ2v) is 15.4. The fourth-order valence-corrected chi connectivity index (χ4v) is 11.4. The summed E-state index contributed by atoms with van der Waals surface area (Å²) in [6, 6.07) is 41.9. The minimum absolute atomic E-state index is 0.145. The molecule has 0 heterocycles. The highest BCUT2D eigenvalue weighted by molar-refractivity contribution is 7.19. The summed E-state index contributed by atoms with van der Waals surface area (Å²) in [6.45, 7) is 0. The average Bonchev–Trinajstić information content (AvgIpc) is 3.11. The van der Waals surface area contributed by atoms with Gasteiger partial charge in [-0.25, -0.2) is 26.3 Å². The normalized spacial score (nSPS) is 11.5. The van der Waals surface area contributed by atoms with E-state index < -0.39 is 43.0 Å². The van der Waals surface area contributed by atoms with Crippen LogP contribution in [0.25, 0.3) is 33.4 Å². The third-order valence-electron chi connectivity index (χ3n) is 8.91. The molecule has 240 valence electrons. The molecule has 7 aromatic rings. The summed E-state index contributed by atoms with van der Waals surface area (Å²) in [5, 5.41) is 3.46. The molecule has 0 bridgehead atoms. The van der Waals surface area contributed by atoms with E-state index in [0.29, 0.717) is 16.7 Å². The molecule has 0 saturated heterocycles. The molecule has 7 aromatic carbocycles. The molecule has 0 radical (unpaired) electrons. The molecule has 7 rings (SSSR count). The maximum atomic E-state index is 14.8. The Kier molecular flexibility index (Phi) is 8.53. The predicted octanol–water partition coefficient (Wildman–Crippen LogP) is 8.90. The van der Waals surface area contributed by atoms with Crippen LogP contribution in [0.1, 0.15) is 0 Å². The second kappa shape index (κ2) is 13.1. The van der Waals surface area contributed by atoms with Crippen molar-refractivity contribution < 1.29 is 26.3 Å². The van der Waals surface area contributed by atoms with Crippen molar-refractivity contribution in [3.63, 3.8) is 0 Å². The second-order valence-electron chi connectivity index (χ2n) is 11.6. The SMILES string of the molecule is Fc1cccc(F)c1-c1ccc([Si](c2ccccc2)(c2ccc(-c3c(F)cccc3F)cc2)c2ccc(-c3c(F)cccc3F)cc2)cc1. The van der Waals surface area contributed by atoms with E-state index in [9.17, 15) is 26.3 Å². The molecule has 0 fully saturated rings. The zero-order valence-electron chi connectivity index (χ0n) is 25.8. The predicted molar refractivity (Wildman–Crippen MR) is 186 cm³/mol. The first-order valence-electron chi connectivity index (χ1n) is 15.5. The summed E-state index contributed by atoms with van der Waals surface area (Å²) in [4.78, 5) is 0. The van der Waals surface area contributed by atoms with Gasteiger partial charge >= 0.3 is 0 Å². The molecule has 0 atom stereocenters. The lowest BCUT2D eigenvalue weighted by molar-refractivity contribution is 0.589. The maximum Gasteiger partial charge on any atom is 0.179 e. The van der Waals surface area contributed by atoms with Crippen molar-refractivity contribution in [2.45, 2.75) is 0 Å². The number of hydrogen-bond acceptors (Lipinski definition) is 0. The van der Waals surface area contributed by atoms with Gasteiger partial charge in [0.25, 0.3) is 0 Å². The van der Waals surface area contributed by atoms with E-state index in [0.717, 1.165) is 20.7 Å². The summed E-state index contributed by atoms with van der Waals surface area (Å²) in [5.74, 6) is -4.13. The first-order chi connectivity index (χ1) is 23.8. The Balaban J connectivity index is 1.47. The molecule has 0 N–H and O–H groups in total. The molecule has 0 unspecified atom stereocenters. The molecule has 49 heavy (non-hydrogen) atoms. The Morgan fingerprint density at radius 1 is 0.245 bits per heavy atom. The molecular weight excluding hydrogens is 647 g/mol. The van der Waals surface area contributed by atoms with Crippen molar-refractivity contribution >= 4 is 28.8 Å². The van der Waals surface area contributed by atoms with Crippen LogP contribution in [0.15, 0.2) is 158 Å². The summed E-state index contributed by atoms with van der Waals surface area (Å²) >= 11 is 0. The third-order valence-corrected chi connectivity index (χ3v) is 13.7. The lowest BCUT2D eigenvalue weighted by Gasteiger charge is -2.35. The highest BCUT2D eigenvalue weighted by Crippen LogP contribution is 2.29. The van der Waals surface area contributed by atoms with Crippen molar-refractivity contribution in [3.05, 3.63) is 193 Å². The molecule has 0 amide bonds. The molecule has 0 aliphatic heterocycles. The Bertz CT molecular complexity index is 1980. The lowest BCUT2D eigenvalue weighted by Crippen LogP contribution is -2.74. The molecule has 0 aliphatic carbocycles. The number of benzene rings is 7. The molecule has 0 aliphatic rings. The summed E-state index contributed by atoms with van der Waals surface area (Å²) in [6.07, 6.45) is 0. The van der Waals surface area contributed by atoms with Crippen LogP contribution in [0.3, 0.4) is 0 Å². The van der Waals surface area contributed by atoms with Gasteiger partial charge in [0.1, 0.15) is 34.9 Å². The van der Waals surface area contributed by atoms with Crippen molar-refractivity contribution in [1.82, 2.24) is 0 Å². The fourth-order valence-electron chi connectivity index (χ4n) is 6.67. The highest BCUT2D eigenvalue weighted by atomic mass is 28.3. The molecule has 0 aromatic heterocycles. The minimum Gasteiger partial charge on any atom is -0.206 e. The molecule has 0 saturated carbocycles. The fraction of sp³-hybridized carbons (Fsp3) is 0. The zero-order valence-corrected chi connectivity index (χ0v) is 26.8. The van der Waals surface area contributed by atoms with Crippen molar-refractivity contribution in [2.24, 2.45) is 0 Å². The van der Waals surface area contributed by atoms with Gasteiger partial charge in [-0.05, 0) is 73.8 Å². The first-order valence-corrected chi connectivity index (χ1v) is 17.5. The van der Waals surface area contributed by atoms with E-state index in [4.69, 9.17) is 0 Å². The minimum atomic E-state index is -3.32. The van der Waals surface area contributed by atoms with Crippen molar-refractivity contribution in [3.8, 4) is 33.4 Å². The smallest absolute Gasteiger partial charge is 0.179 e. The van der Waals surface area contributed by atoms with Gasteiger partial charge < -0.3 is 0 Å². The van der Waals surface area contributed by atoms with Crippen molar-refractivity contribution in [1.29, 1.82) is 0 Å². The summed E-state index contributed by atoms with van der Waals surface area (Å²) < 4.78 is 88.8. The lowest BCUT2D eigenvalue weighted by atomic mass is 10.0. The van der Waals surface area contributed by atoms with Crippen LogP contribution in [-0.2, 0) is 0 Å². The average molecular weight is 673 g/mol. The van der Waals surface area contributed by atoms with E-state index >= 15 is 0 Å². The van der Waals surface area contributed by atoms with E-state index in [2.05, 4.69) is 0 Å². The Hall–Kier alpha value is -5.66. The highest BCUT2D eigenvalue weighted by Gasteiger charge is 2.41. The van der Waals surface area contributed by atoms with E-state index in [1.807, 2.05) is 66.7 Å². The van der Waals surface area contributed by atoms with E-state index in [-0.39, 0.29) is 16.7 Å². The topological polar surface area (TPSA) is 0 Å². The van der Waals surface area contributed by atoms with Crippen LogP contribution in [-0.4, -0.2) is 8.07 Å². The van der Waals surface area contributed by atoms with Gasteiger partial charge in [-0.2, -0.15) is 0 Å². The molecule has 0 spiro atoms. The number of rotatable bonds is 7. The van der Waals surface area contributed by atoms with E-state index in [1.54, 1.807) is 36.4 Å². The van der Waals surface area contributed by atoms with Gasteiger partial charge in [0, 0.05) is 0 Å². The number of halogens is 6. The Morgan fingerprint density at radius 3 is 0.755 bits per heavy atom. The summed E-state index contributed by atoms with van der Waals surface area (Å²) in [5.41, 5.74) is 0.624.